The van der Waals surface area contributed by atoms with Gasteiger partial charge in [0.1, 0.15) is 0 Å². The molecule has 2 rings (SSSR count). The van der Waals surface area contributed by atoms with E-state index in [0.29, 0.717) is 19.4 Å². The fourth-order valence-corrected chi connectivity index (χ4v) is 2.76. The number of hydrogen-bond donors (Lipinski definition) is 3. The Balaban J connectivity index is 1.82. The minimum absolute atomic E-state index is 0.0301. The van der Waals surface area contributed by atoms with Crippen LogP contribution in [0.15, 0.2) is 24.3 Å². The van der Waals surface area contributed by atoms with Gasteiger partial charge < -0.3 is 15.7 Å². The molecule has 1 aromatic rings. The van der Waals surface area contributed by atoms with Crippen molar-refractivity contribution >= 4 is 5.91 Å². The molecule has 116 valence electrons. The Morgan fingerprint density at radius 1 is 1.38 bits per heavy atom. The summed E-state index contributed by atoms with van der Waals surface area (Å²) in [6.07, 6.45) is 0.885. The zero-order valence-corrected chi connectivity index (χ0v) is 13.1. The third-order valence-electron chi connectivity index (χ3n) is 3.76. The summed E-state index contributed by atoms with van der Waals surface area (Å²) in [5.41, 5.74) is 2.55. The molecular weight excluding hydrogens is 264 g/mol. The van der Waals surface area contributed by atoms with E-state index < -0.39 is 6.10 Å². The quantitative estimate of drug-likeness (QED) is 0.789. The predicted molar refractivity (Wildman–Crippen MR) is 83.9 cm³/mol. The van der Waals surface area contributed by atoms with Crippen LogP contribution in [0.1, 0.15) is 38.3 Å². The molecule has 0 spiro atoms. The molecule has 4 heteroatoms. The van der Waals surface area contributed by atoms with Crippen LogP contribution in [0.25, 0.3) is 0 Å². The van der Waals surface area contributed by atoms with E-state index in [1.54, 1.807) is 0 Å². The van der Waals surface area contributed by atoms with Gasteiger partial charge in [-0.1, -0.05) is 45.0 Å². The highest BCUT2D eigenvalue weighted by Gasteiger charge is 2.24. The number of hydrogen-bond acceptors (Lipinski definition) is 3. The Kier molecular flexibility index (Phi) is 5.01. The van der Waals surface area contributed by atoms with Gasteiger partial charge in [0.2, 0.25) is 5.91 Å². The van der Waals surface area contributed by atoms with E-state index in [1.165, 1.54) is 11.1 Å². The van der Waals surface area contributed by atoms with Crippen LogP contribution in [0.2, 0.25) is 0 Å². The lowest BCUT2D eigenvalue weighted by Gasteiger charge is -2.27. The summed E-state index contributed by atoms with van der Waals surface area (Å²) >= 11 is 0. The third-order valence-corrected chi connectivity index (χ3v) is 3.76. The average Bonchev–Trinajstić information content (AvgIpc) is 2.42. The molecule has 0 radical (unpaired) electrons. The van der Waals surface area contributed by atoms with Gasteiger partial charge in [0.15, 0.2) is 0 Å². The first kappa shape index (κ1) is 16.0. The van der Waals surface area contributed by atoms with Crippen LogP contribution in [0, 0.1) is 5.41 Å². The average molecular weight is 290 g/mol. The van der Waals surface area contributed by atoms with Gasteiger partial charge in [-0.15, -0.1) is 0 Å². The van der Waals surface area contributed by atoms with Crippen molar-refractivity contribution in [2.45, 2.75) is 52.3 Å². The van der Waals surface area contributed by atoms with E-state index >= 15 is 0 Å². The van der Waals surface area contributed by atoms with Gasteiger partial charge in [0.25, 0.3) is 0 Å². The molecule has 0 aliphatic carbocycles. The molecule has 1 unspecified atom stereocenters. The summed E-state index contributed by atoms with van der Waals surface area (Å²) in [5.74, 6) is -0.0301. The second-order valence-electron chi connectivity index (χ2n) is 7.07. The lowest BCUT2D eigenvalue weighted by Crippen LogP contribution is -2.49. The van der Waals surface area contributed by atoms with Crippen LogP contribution in [-0.4, -0.2) is 29.7 Å². The first-order chi connectivity index (χ1) is 9.85. The highest BCUT2D eigenvalue weighted by Crippen LogP contribution is 2.20. The highest BCUT2D eigenvalue weighted by atomic mass is 16.3. The van der Waals surface area contributed by atoms with Crippen molar-refractivity contribution in [3.8, 4) is 0 Å². The number of carbonyl (C=O) groups is 1. The van der Waals surface area contributed by atoms with Gasteiger partial charge in [-0.2, -0.15) is 0 Å². The van der Waals surface area contributed by atoms with Crippen molar-refractivity contribution in [1.29, 1.82) is 0 Å². The molecule has 0 saturated carbocycles. The summed E-state index contributed by atoms with van der Waals surface area (Å²) in [5, 5.41) is 16.1. The fraction of sp³-hybridized carbons (Fsp3) is 0.588. The van der Waals surface area contributed by atoms with Crippen LogP contribution in [0.4, 0.5) is 0 Å². The van der Waals surface area contributed by atoms with Crippen LogP contribution in [0.3, 0.4) is 0 Å². The monoisotopic (exact) mass is 290 g/mol. The maximum Gasteiger partial charge on any atom is 0.237 e. The van der Waals surface area contributed by atoms with Gasteiger partial charge in [0.05, 0.1) is 12.1 Å². The first-order valence-corrected chi connectivity index (χ1v) is 7.61. The summed E-state index contributed by atoms with van der Waals surface area (Å²) in [4.78, 5) is 12.2. The number of fused-ring (bicyclic) bond motifs is 1. The van der Waals surface area contributed by atoms with E-state index in [-0.39, 0.29) is 17.4 Å². The minimum Gasteiger partial charge on any atom is -0.391 e. The second-order valence-corrected chi connectivity index (χ2v) is 7.07. The number of amides is 1. The van der Waals surface area contributed by atoms with Crippen LogP contribution in [-0.2, 0) is 17.8 Å². The van der Waals surface area contributed by atoms with Crippen molar-refractivity contribution in [3.05, 3.63) is 35.4 Å². The molecule has 1 amide bonds. The van der Waals surface area contributed by atoms with Gasteiger partial charge in [0, 0.05) is 13.1 Å². The van der Waals surface area contributed by atoms with Gasteiger partial charge in [-0.25, -0.2) is 0 Å². The first-order valence-electron chi connectivity index (χ1n) is 7.61. The van der Waals surface area contributed by atoms with Gasteiger partial charge >= 0.3 is 0 Å². The fourth-order valence-electron chi connectivity index (χ4n) is 2.76. The predicted octanol–water partition coefficient (Wildman–Crippen LogP) is 1.61. The van der Waals surface area contributed by atoms with Crippen molar-refractivity contribution in [2.75, 3.05) is 6.54 Å². The second kappa shape index (κ2) is 6.58. The summed E-state index contributed by atoms with van der Waals surface area (Å²) in [7, 11) is 0. The number of rotatable bonds is 4. The number of benzene rings is 1. The summed E-state index contributed by atoms with van der Waals surface area (Å²) < 4.78 is 0. The van der Waals surface area contributed by atoms with Crippen LogP contribution < -0.4 is 10.6 Å². The Morgan fingerprint density at radius 2 is 2.05 bits per heavy atom. The smallest absolute Gasteiger partial charge is 0.237 e. The largest absolute Gasteiger partial charge is 0.391 e. The molecule has 1 aliphatic heterocycles. The molecule has 3 N–H and O–H groups in total. The van der Waals surface area contributed by atoms with Crippen LogP contribution >= 0.6 is 0 Å². The van der Waals surface area contributed by atoms with Crippen molar-refractivity contribution in [3.63, 3.8) is 0 Å². The van der Waals surface area contributed by atoms with Gasteiger partial charge in [-0.3, -0.25) is 4.79 Å². The Morgan fingerprint density at radius 3 is 2.71 bits per heavy atom. The molecule has 1 heterocycles. The zero-order valence-electron chi connectivity index (χ0n) is 13.1. The standard InChI is InChI=1S/C17H26N2O2/c1-17(2,3)9-14(20)11-19-16(21)15-8-12-6-4-5-7-13(12)10-18-15/h4-7,14-15,18,20H,8-11H2,1-3H3,(H,19,21)/t14?,15-/m0/s1. The minimum atomic E-state index is -0.496. The van der Waals surface area contributed by atoms with E-state index in [4.69, 9.17) is 0 Å². The molecule has 0 saturated heterocycles. The Labute approximate surface area is 126 Å². The number of aliphatic hydroxyl groups excluding tert-OH is 1. The van der Waals surface area contributed by atoms with E-state index in [0.717, 1.165) is 6.54 Å². The third kappa shape index (κ3) is 4.83. The normalized spacial score (nSPS) is 19.7. The van der Waals surface area contributed by atoms with Crippen molar-refractivity contribution in [1.82, 2.24) is 10.6 Å². The number of nitrogens with one attached hydrogen (secondary N) is 2. The summed E-state index contributed by atoms with van der Waals surface area (Å²) in [6.45, 7) is 7.28. The maximum absolute atomic E-state index is 12.2. The zero-order chi connectivity index (χ0) is 15.5. The highest BCUT2D eigenvalue weighted by molar-refractivity contribution is 5.82. The maximum atomic E-state index is 12.2. The molecule has 0 aromatic heterocycles. The SMILES string of the molecule is CC(C)(C)CC(O)CNC(=O)[C@@H]1Cc2ccccc2CN1. The van der Waals surface area contributed by atoms with Crippen molar-refractivity contribution in [2.24, 2.45) is 5.41 Å². The molecule has 4 nitrogen and oxygen atoms in total. The Hall–Kier alpha value is -1.39. The molecule has 2 atom stereocenters. The van der Waals surface area contributed by atoms with Crippen molar-refractivity contribution < 1.29 is 9.90 Å². The van der Waals surface area contributed by atoms with E-state index in [1.807, 2.05) is 12.1 Å². The lowest BCUT2D eigenvalue weighted by molar-refractivity contribution is -0.123. The topological polar surface area (TPSA) is 61.4 Å². The van der Waals surface area contributed by atoms with Gasteiger partial charge in [-0.05, 0) is 29.4 Å². The number of aliphatic hydroxyl groups is 1. The summed E-state index contributed by atoms with van der Waals surface area (Å²) in [6, 6.07) is 7.98. The van der Waals surface area contributed by atoms with E-state index in [2.05, 4.69) is 43.5 Å². The Bertz CT molecular complexity index is 494. The lowest BCUT2D eigenvalue weighted by atomic mass is 9.89. The number of carbonyl (C=O) groups excluding carboxylic acids is 1. The molecule has 0 fully saturated rings. The van der Waals surface area contributed by atoms with Crippen LogP contribution in [0.5, 0.6) is 0 Å². The molecule has 0 bridgehead atoms. The molecule has 1 aliphatic rings. The van der Waals surface area contributed by atoms with E-state index in [9.17, 15) is 9.90 Å². The molecular formula is C17H26N2O2. The molecule has 1 aromatic carbocycles. The molecule has 21 heavy (non-hydrogen) atoms.